The number of rotatable bonds is 5. The number of anilines is 2. The molecule has 0 unspecified atom stereocenters. The first-order valence-corrected chi connectivity index (χ1v) is 7.46. The van der Waals surface area contributed by atoms with E-state index in [1.807, 2.05) is 13.2 Å². The predicted molar refractivity (Wildman–Crippen MR) is 79.8 cm³/mol. The van der Waals surface area contributed by atoms with Gasteiger partial charge in [-0.15, -0.1) is 11.3 Å². The van der Waals surface area contributed by atoms with Crippen molar-refractivity contribution in [3.63, 3.8) is 0 Å². The van der Waals surface area contributed by atoms with E-state index in [2.05, 4.69) is 44.6 Å². The molecule has 0 bridgehead atoms. The van der Waals surface area contributed by atoms with Crippen molar-refractivity contribution in [2.24, 2.45) is 0 Å². The lowest BCUT2D eigenvalue weighted by Gasteiger charge is -2.24. The maximum atomic E-state index is 4.64. The first kappa shape index (κ1) is 12.4. The third-order valence-electron chi connectivity index (χ3n) is 3.33. The highest BCUT2D eigenvalue weighted by Crippen LogP contribution is 2.34. The van der Waals surface area contributed by atoms with Gasteiger partial charge in [0.25, 0.3) is 0 Å². The zero-order chi connectivity index (χ0) is 13.2. The lowest BCUT2D eigenvalue weighted by atomic mass is 10.3. The predicted octanol–water partition coefficient (Wildman–Crippen LogP) is 3.06. The van der Waals surface area contributed by atoms with Crippen LogP contribution in [0.2, 0.25) is 0 Å². The van der Waals surface area contributed by atoms with Crippen molar-refractivity contribution in [1.82, 2.24) is 9.97 Å². The van der Waals surface area contributed by atoms with Gasteiger partial charge in [0, 0.05) is 29.7 Å². The van der Waals surface area contributed by atoms with E-state index < -0.39 is 0 Å². The van der Waals surface area contributed by atoms with Crippen LogP contribution in [0, 0.1) is 6.92 Å². The molecule has 5 heteroatoms. The Labute approximate surface area is 117 Å². The molecule has 1 N–H and O–H groups in total. The summed E-state index contributed by atoms with van der Waals surface area (Å²) in [6.45, 7) is 3.03. The molecule has 19 heavy (non-hydrogen) atoms. The van der Waals surface area contributed by atoms with E-state index in [1.165, 1.54) is 17.7 Å². The number of nitrogens with zero attached hydrogens (tertiary/aromatic N) is 3. The SMILES string of the molecule is CNc1ncc(C)c(N(Cc2cccs2)C2CC2)n1. The molecule has 4 nitrogen and oxygen atoms in total. The van der Waals surface area contributed by atoms with Crippen LogP contribution < -0.4 is 10.2 Å². The molecule has 1 fully saturated rings. The Kier molecular flexibility index (Phi) is 3.38. The molecule has 0 atom stereocenters. The first-order valence-electron chi connectivity index (χ1n) is 6.58. The lowest BCUT2D eigenvalue weighted by Crippen LogP contribution is -2.26. The van der Waals surface area contributed by atoms with Crippen molar-refractivity contribution in [3.8, 4) is 0 Å². The van der Waals surface area contributed by atoms with Crippen LogP contribution in [0.4, 0.5) is 11.8 Å². The van der Waals surface area contributed by atoms with Crippen LogP contribution in [0.5, 0.6) is 0 Å². The fourth-order valence-corrected chi connectivity index (χ4v) is 2.88. The van der Waals surface area contributed by atoms with Gasteiger partial charge in [-0.05, 0) is 31.2 Å². The standard InChI is InChI=1S/C14H18N4S/c1-10-8-16-14(15-2)17-13(10)18(11-5-6-11)9-12-4-3-7-19-12/h3-4,7-8,11H,5-6,9H2,1-2H3,(H,15,16,17). The molecule has 0 aromatic carbocycles. The van der Waals surface area contributed by atoms with Crippen LogP contribution >= 0.6 is 11.3 Å². The van der Waals surface area contributed by atoms with Crippen molar-refractivity contribution in [1.29, 1.82) is 0 Å². The number of aryl methyl sites for hydroxylation is 1. The van der Waals surface area contributed by atoms with E-state index in [0.29, 0.717) is 12.0 Å². The average molecular weight is 274 g/mol. The summed E-state index contributed by atoms with van der Waals surface area (Å²) >= 11 is 1.81. The summed E-state index contributed by atoms with van der Waals surface area (Å²) in [6.07, 6.45) is 4.44. The van der Waals surface area contributed by atoms with Crippen LogP contribution in [-0.4, -0.2) is 23.1 Å². The summed E-state index contributed by atoms with van der Waals surface area (Å²) in [5.74, 6) is 1.76. The Hall–Kier alpha value is -1.62. The Morgan fingerprint density at radius 1 is 1.47 bits per heavy atom. The summed E-state index contributed by atoms with van der Waals surface area (Å²) in [6, 6.07) is 4.94. The topological polar surface area (TPSA) is 41.1 Å². The van der Waals surface area contributed by atoms with Gasteiger partial charge in [0.2, 0.25) is 5.95 Å². The fourth-order valence-electron chi connectivity index (χ4n) is 2.18. The van der Waals surface area contributed by atoms with Gasteiger partial charge in [-0.25, -0.2) is 4.98 Å². The third-order valence-corrected chi connectivity index (χ3v) is 4.20. The molecule has 0 spiro atoms. The van der Waals surface area contributed by atoms with Crippen LogP contribution in [0.15, 0.2) is 23.7 Å². The van der Waals surface area contributed by atoms with Crippen molar-refractivity contribution in [2.75, 3.05) is 17.3 Å². The van der Waals surface area contributed by atoms with E-state index in [4.69, 9.17) is 0 Å². The van der Waals surface area contributed by atoms with Gasteiger partial charge in [0.15, 0.2) is 0 Å². The van der Waals surface area contributed by atoms with Crippen LogP contribution in [-0.2, 0) is 6.54 Å². The molecular formula is C14H18N4S. The number of nitrogens with one attached hydrogen (secondary N) is 1. The van der Waals surface area contributed by atoms with Gasteiger partial charge in [-0.2, -0.15) is 4.98 Å². The summed E-state index contributed by atoms with van der Waals surface area (Å²) in [7, 11) is 1.86. The molecule has 3 rings (SSSR count). The molecule has 100 valence electrons. The van der Waals surface area contributed by atoms with Crippen molar-refractivity contribution in [2.45, 2.75) is 32.4 Å². The Morgan fingerprint density at radius 2 is 2.32 bits per heavy atom. The van der Waals surface area contributed by atoms with Gasteiger partial charge in [-0.3, -0.25) is 0 Å². The molecule has 2 aromatic rings. The second kappa shape index (κ2) is 5.17. The van der Waals surface area contributed by atoms with Crippen LogP contribution in [0.25, 0.3) is 0 Å². The van der Waals surface area contributed by atoms with Gasteiger partial charge >= 0.3 is 0 Å². The molecule has 0 aliphatic heterocycles. The van der Waals surface area contributed by atoms with Crippen molar-refractivity contribution < 1.29 is 0 Å². The summed E-state index contributed by atoms with van der Waals surface area (Å²) in [5, 5.41) is 5.15. The Balaban J connectivity index is 1.91. The smallest absolute Gasteiger partial charge is 0.224 e. The highest BCUT2D eigenvalue weighted by Gasteiger charge is 2.31. The van der Waals surface area contributed by atoms with Gasteiger partial charge in [0.05, 0.1) is 6.54 Å². The van der Waals surface area contributed by atoms with E-state index in [9.17, 15) is 0 Å². The second-order valence-electron chi connectivity index (χ2n) is 4.89. The number of hydrogen-bond acceptors (Lipinski definition) is 5. The highest BCUT2D eigenvalue weighted by molar-refractivity contribution is 7.09. The second-order valence-corrected chi connectivity index (χ2v) is 5.92. The van der Waals surface area contributed by atoms with Crippen molar-refractivity contribution in [3.05, 3.63) is 34.2 Å². The molecule has 0 radical (unpaired) electrons. The summed E-state index contributed by atoms with van der Waals surface area (Å²) in [5.41, 5.74) is 1.14. The molecule has 1 aliphatic rings. The van der Waals surface area contributed by atoms with E-state index in [0.717, 1.165) is 17.9 Å². The van der Waals surface area contributed by atoms with Gasteiger partial charge in [-0.1, -0.05) is 6.07 Å². The first-order chi connectivity index (χ1) is 9.28. The summed E-state index contributed by atoms with van der Waals surface area (Å²) in [4.78, 5) is 12.7. The summed E-state index contributed by atoms with van der Waals surface area (Å²) < 4.78 is 0. The molecule has 1 saturated carbocycles. The Morgan fingerprint density at radius 3 is 2.95 bits per heavy atom. The number of hydrogen-bond donors (Lipinski definition) is 1. The maximum Gasteiger partial charge on any atom is 0.224 e. The molecule has 1 aliphatic carbocycles. The molecule has 2 heterocycles. The van der Waals surface area contributed by atoms with Crippen molar-refractivity contribution >= 4 is 23.1 Å². The van der Waals surface area contributed by atoms with E-state index in [-0.39, 0.29) is 0 Å². The van der Waals surface area contributed by atoms with E-state index >= 15 is 0 Å². The number of thiophene rings is 1. The van der Waals surface area contributed by atoms with Crippen LogP contribution in [0.3, 0.4) is 0 Å². The normalized spacial score (nSPS) is 14.4. The molecule has 2 aromatic heterocycles. The monoisotopic (exact) mass is 274 g/mol. The minimum absolute atomic E-state index is 0.639. The molecular weight excluding hydrogens is 256 g/mol. The largest absolute Gasteiger partial charge is 0.357 e. The lowest BCUT2D eigenvalue weighted by molar-refractivity contribution is 0.779. The minimum atomic E-state index is 0.639. The third kappa shape index (κ3) is 2.71. The number of aromatic nitrogens is 2. The quantitative estimate of drug-likeness (QED) is 0.910. The highest BCUT2D eigenvalue weighted by atomic mass is 32.1. The Bertz CT molecular complexity index is 549. The molecule has 0 amide bonds. The minimum Gasteiger partial charge on any atom is -0.357 e. The molecule has 0 saturated heterocycles. The zero-order valence-electron chi connectivity index (χ0n) is 11.3. The van der Waals surface area contributed by atoms with E-state index in [1.54, 1.807) is 11.3 Å². The van der Waals surface area contributed by atoms with Gasteiger partial charge in [0.1, 0.15) is 5.82 Å². The van der Waals surface area contributed by atoms with Gasteiger partial charge < -0.3 is 10.2 Å². The zero-order valence-corrected chi connectivity index (χ0v) is 12.1. The fraction of sp³-hybridized carbons (Fsp3) is 0.429. The van der Waals surface area contributed by atoms with Crippen LogP contribution in [0.1, 0.15) is 23.3 Å². The average Bonchev–Trinajstić information content (AvgIpc) is 3.14. The maximum absolute atomic E-state index is 4.64.